The number of nitrogens with two attached hydrogens (primary N) is 1. The quantitative estimate of drug-likeness (QED) is 0.591. The maximum absolute atomic E-state index is 11.8. The molecular formula is C9H9Br2N3OS. The minimum absolute atomic E-state index is 0.0206. The standard InChI is InChI=1S/C9H9Br2N3OS/c10-5-2-13-9(11)8(7(5)12)14-3-4(16)1-6(14)15/h2,4,16H,1,3H2,(H2,12,13). The molecule has 1 aromatic rings. The smallest absolute Gasteiger partial charge is 0.228 e. The number of rotatable bonds is 1. The zero-order valence-corrected chi connectivity index (χ0v) is 12.2. The number of carbonyl (C=O) groups is 1. The second-order valence-electron chi connectivity index (χ2n) is 3.52. The highest BCUT2D eigenvalue weighted by Gasteiger charge is 2.31. The summed E-state index contributed by atoms with van der Waals surface area (Å²) in [5, 5.41) is 0.0535. The lowest BCUT2D eigenvalue weighted by atomic mass is 10.3. The van der Waals surface area contributed by atoms with Crippen LogP contribution in [0.1, 0.15) is 6.42 Å². The van der Waals surface area contributed by atoms with Crippen molar-refractivity contribution < 1.29 is 4.79 Å². The van der Waals surface area contributed by atoms with E-state index >= 15 is 0 Å². The van der Waals surface area contributed by atoms with Crippen molar-refractivity contribution in [2.24, 2.45) is 0 Å². The van der Waals surface area contributed by atoms with Gasteiger partial charge >= 0.3 is 0 Å². The van der Waals surface area contributed by atoms with Crippen molar-refractivity contribution in [3.8, 4) is 0 Å². The highest BCUT2D eigenvalue weighted by atomic mass is 79.9. The third-order valence-electron chi connectivity index (χ3n) is 2.37. The number of nitrogens with zero attached hydrogens (tertiary/aromatic N) is 2. The van der Waals surface area contributed by atoms with Gasteiger partial charge in [-0.3, -0.25) is 4.79 Å². The zero-order chi connectivity index (χ0) is 11.9. The van der Waals surface area contributed by atoms with Crippen LogP contribution in [0.25, 0.3) is 0 Å². The van der Waals surface area contributed by atoms with Crippen molar-refractivity contribution in [1.29, 1.82) is 0 Å². The summed E-state index contributed by atoms with van der Waals surface area (Å²) in [6.07, 6.45) is 2.03. The summed E-state index contributed by atoms with van der Waals surface area (Å²) in [5.74, 6) is 0.0206. The molecule has 2 N–H and O–H groups in total. The lowest BCUT2D eigenvalue weighted by Gasteiger charge is -2.19. The van der Waals surface area contributed by atoms with Crippen molar-refractivity contribution in [3.63, 3.8) is 0 Å². The number of halogens is 2. The molecule has 2 rings (SSSR count). The Morgan fingerprint density at radius 1 is 1.56 bits per heavy atom. The Bertz CT molecular complexity index is 455. The van der Waals surface area contributed by atoms with Crippen LogP contribution in [-0.4, -0.2) is 22.7 Å². The number of amides is 1. The Hall–Kier alpha value is -0.270. The highest BCUT2D eigenvalue weighted by molar-refractivity contribution is 9.11. The van der Waals surface area contributed by atoms with Gasteiger partial charge in [-0.25, -0.2) is 4.98 Å². The SMILES string of the molecule is Nc1c(Br)cnc(Br)c1N1CC(S)CC1=O. The molecule has 86 valence electrons. The molecule has 1 fully saturated rings. The summed E-state index contributed by atoms with van der Waals surface area (Å²) in [6, 6.07) is 0. The van der Waals surface area contributed by atoms with Crippen LogP contribution in [0.3, 0.4) is 0 Å². The fourth-order valence-corrected chi connectivity index (χ4v) is 2.77. The van der Waals surface area contributed by atoms with E-state index in [0.29, 0.717) is 33.4 Å². The maximum atomic E-state index is 11.8. The largest absolute Gasteiger partial charge is 0.396 e. The minimum Gasteiger partial charge on any atom is -0.396 e. The van der Waals surface area contributed by atoms with Crippen LogP contribution < -0.4 is 10.6 Å². The van der Waals surface area contributed by atoms with Crippen LogP contribution in [0, 0.1) is 0 Å². The van der Waals surface area contributed by atoms with Crippen molar-refractivity contribution in [1.82, 2.24) is 4.98 Å². The minimum atomic E-state index is 0.0206. The highest BCUT2D eigenvalue weighted by Crippen LogP contribution is 2.38. The average Bonchev–Trinajstić information content (AvgIpc) is 2.53. The van der Waals surface area contributed by atoms with Crippen LogP contribution in [0.4, 0.5) is 11.4 Å². The van der Waals surface area contributed by atoms with E-state index in [1.807, 2.05) is 0 Å². The lowest BCUT2D eigenvalue weighted by molar-refractivity contribution is -0.117. The zero-order valence-electron chi connectivity index (χ0n) is 8.15. The van der Waals surface area contributed by atoms with Gasteiger partial charge in [0, 0.05) is 24.4 Å². The first kappa shape index (κ1) is 12.2. The van der Waals surface area contributed by atoms with Gasteiger partial charge in [0.1, 0.15) is 10.3 Å². The van der Waals surface area contributed by atoms with Gasteiger partial charge in [0.2, 0.25) is 5.91 Å². The molecule has 0 spiro atoms. The van der Waals surface area contributed by atoms with E-state index in [1.54, 1.807) is 11.1 Å². The van der Waals surface area contributed by atoms with Crippen LogP contribution >= 0.6 is 44.5 Å². The summed E-state index contributed by atoms with van der Waals surface area (Å²) >= 11 is 10.9. The van der Waals surface area contributed by atoms with E-state index in [4.69, 9.17) is 5.73 Å². The predicted molar refractivity (Wildman–Crippen MR) is 73.8 cm³/mol. The number of carbonyl (C=O) groups excluding carboxylic acids is 1. The summed E-state index contributed by atoms with van der Waals surface area (Å²) in [4.78, 5) is 17.5. The van der Waals surface area contributed by atoms with E-state index in [0.717, 1.165) is 0 Å². The second kappa shape index (κ2) is 4.54. The molecule has 2 heterocycles. The first-order chi connectivity index (χ1) is 7.50. The fraction of sp³-hybridized carbons (Fsp3) is 0.333. The van der Waals surface area contributed by atoms with E-state index < -0.39 is 0 Å². The van der Waals surface area contributed by atoms with Crippen LogP contribution in [0.2, 0.25) is 0 Å². The summed E-state index contributed by atoms with van der Waals surface area (Å²) in [5.41, 5.74) is 7.07. The van der Waals surface area contributed by atoms with Gasteiger partial charge in [0.25, 0.3) is 0 Å². The number of hydrogen-bond acceptors (Lipinski definition) is 4. The molecule has 16 heavy (non-hydrogen) atoms. The van der Waals surface area contributed by atoms with E-state index in [-0.39, 0.29) is 11.2 Å². The Balaban J connectivity index is 2.48. The maximum Gasteiger partial charge on any atom is 0.228 e. The molecule has 0 saturated carbocycles. The van der Waals surface area contributed by atoms with Crippen molar-refractivity contribution in [3.05, 3.63) is 15.3 Å². The molecule has 0 aliphatic carbocycles. The van der Waals surface area contributed by atoms with E-state index in [9.17, 15) is 4.79 Å². The monoisotopic (exact) mass is 365 g/mol. The first-order valence-corrected chi connectivity index (χ1v) is 6.69. The number of anilines is 2. The van der Waals surface area contributed by atoms with Gasteiger partial charge in [-0.1, -0.05) is 0 Å². The molecule has 0 bridgehead atoms. The second-order valence-corrected chi connectivity index (χ2v) is 5.86. The number of aromatic nitrogens is 1. The van der Waals surface area contributed by atoms with Gasteiger partial charge in [0.05, 0.1) is 10.2 Å². The number of nitrogen functional groups attached to an aromatic ring is 1. The summed E-state index contributed by atoms with van der Waals surface area (Å²) in [7, 11) is 0. The molecule has 1 aliphatic rings. The number of thiol groups is 1. The van der Waals surface area contributed by atoms with E-state index in [1.165, 1.54) is 0 Å². The van der Waals surface area contributed by atoms with Gasteiger partial charge < -0.3 is 10.6 Å². The number of pyridine rings is 1. The van der Waals surface area contributed by atoms with Gasteiger partial charge in [-0.15, -0.1) is 0 Å². The molecule has 4 nitrogen and oxygen atoms in total. The van der Waals surface area contributed by atoms with E-state index in [2.05, 4.69) is 49.5 Å². The van der Waals surface area contributed by atoms with Crippen LogP contribution in [0.5, 0.6) is 0 Å². The fourth-order valence-electron chi connectivity index (χ4n) is 1.63. The molecule has 0 radical (unpaired) electrons. The molecular weight excluding hydrogens is 358 g/mol. The summed E-state index contributed by atoms with van der Waals surface area (Å²) in [6.45, 7) is 0.558. The van der Waals surface area contributed by atoms with Gasteiger partial charge in [-0.2, -0.15) is 12.6 Å². The topological polar surface area (TPSA) is 59.2 Å². The summed E-state index contributed by atoms with van der Waals surface area (Å²) < 4.78 is 1.25. The van der Waals surface area contributed by atoms with Crippen LogP contribution in [-0.2, 0) is 4.79 Å². The first-order valence-electron chi connectivity index (χ1n) is 4.58. The number of hydrogen-bond donors (Lipinski definition) is 2. The third kappa shape index (κ3) is 2.08. The molecule has 1 aromatic heterocycles. The molecule has 1 aliphatic heterocycles. The molecule has 1 atom stereocenters. The average molecular weight is 367 g/mol. The van der Waals surface area contributed by atoms with Crippen LogP contribution in [0.15, 0.2) is 15.3 Å². The molecule has 7 heteroatoms. The van der Waals surface area contributed by atoms with Crippen molar-refractivity contribution >= 4 is 61.8 Å². The Morgan fingerprint density at radius 2 is 2.25 bits per heavy atom. The normalized spacial score (nSPS) is 20.6. The van der Waals surface area contributed by atoms with Gasteiger partial charge in [-0.05, 0) is 31.9 Å². The Morgan fingerprint density at radius 3 is 2.81 bits per heavy atom. The van der Waals surface area contributed by atoms with Crippen molar-refractivity contribution in [2.45, 2.75) is 11.7 Å². The molecule has 0 aromatic carbocycles. The van der Waals surface area contributed by atoms with Gasteiger partial charge in [0.15, 0.2) is 0 Å². The molecule has 1 unspecified atom stereocenters. The lowest BCUT2D eigenvalue weighted by Crippen LogP contribution is -2.26. The Labute approximate surface area is 115 Å². The van der Waals surface area contributed by atoms with Crippen molar-refractivity contribution in [2.75, 3.05) is 17.2 Å². The molecule has 1 saturated heterocycles. The molecule has 1 amide bonds. The predicted octanol–water partition coefficient (Wildman–Crippen LogP) is 2.22. The third-order valence-corrected chi connectivity index (χ3v) is 3.93. The Kier molecular flexibility index (Phi) is 3.46.